The van der Waals surface area contributed by atoms with Gasteiger partial charge in [0.2, 0.25) is 0 Å². The summed E-state index contributed by atoms with van der Waals surface area (Å²) >= 11 is 0. The molecule has 25 heavy (non-hydrogen) atoms. The van der Waals surface area contributed by atoms with Crippen LogP contribution >= 0.6 is 0 Å². The van der Waals surface area contributed by atoms with Crippen LogP contribution in [0, 0.1) is 11.3 Å². The van der Waals surface area contributed by atoms with Crippen molar-refractivity contribution in [2.45, 2.75) is 39.7 Å². The third kappa shape index (κ3) is 4.52. The van der Waals surface area contributed by atoms with E-state index in [2.05, 4.69) is 49.1 Å². The van der Waals surface area contributed by atoms with Crippen LogP contribution in [0.25, 0.3) is 0 Å². The number of piperazine rings is 1. The molecule has 5 nitrogen and oxygen atoms in total. The summed E-state index contributed by atoms with van der Waals surface area (Å²) in [5.74, 6) is 0.490. The SMILES string of the molecule is CCN(CC)C(=O)N1CCN(C(C#N)c2ccc(C(C)C)cc2)CC1. The summed E-state index contributed by atoms with van der Waals surface area (Å²) in [4.78, 5) is 18.4. The standard InChI is InChI=1S/C20H30N4O/c1-5-22(6-2)20(25)24-13-11-23(12-14-24)19(15-21)18-9-7-17(8-10-18)16(3)4/h7-10,16,19H,5-6,11-14H2,1-4H3. The fraction of sp³-hybridized carbons (Fsp3) is 0.600. The van der Waals surface area contributed by atoms with Gasteiger partial charge in [-0.3, -0.25) is 4.90 Å². The minimum Gasteiger partial charge on any atom is -0.325 e. The average Bonchev–Trinajstić information content (AvgIpc) is 2.64. The van der Waals surface area contributed by atoms with Gasteiger partial charge in [0, 0.05) is 39.3 Å². The molecule has 1 aliphatic heterocycles. The lowest BCUT2D eigenvalue weighted by Crippen LogP contribution is -2.53. The summed E-state index contributed by atoms with van der Waals surface area (Å²) in [6.45, 7) is 12.6. The summed E-state index contributed by atoms with van der Waals surface area (Å²) in [7, 11) is 0. The number of nitrogens with zero attached hydrogens (tertiary/aromatic N) is 4. The molecule has 0 aromatic heterocycles. The van der Waals surface area contributed by atoms with Crippen LogP contribution in [-0.2, 0) is 0 Å². The maximum atomic E-state index is 12.4. The molecule has 1 aromatic rings. The van der Waals surface area contributed by atoms with Crippen molar-refractivity contribution in [1.82, 2.24) is 14.7 Å². The molecule has 1 saturated heterocycles. The van der Waals surface area contributed by atoms with Gasteiger partial charge in [0.1, 0.15) is 6.04 Å². The van der Waals surface area contributed by atoms with Crippen LogP contribution in [0.5, 0.6) is 0 Å². The Labute approximate surface area is 151 Å². The first-order chi connectivity index (χ1) is 12.0. The second-order valence-electron chi connectivity index (χ2n) is 6.83. The van der Waals surface area contributed by atoms with Gasteiger partial charge in [-0.2, -0.15) is 5.26 Å². The fourth-order valence-electron chi connectivity index (χ4n) is 3.30. The Morgan fingerprint density at radius 2 is 1.60 bits per heavy atom. The number of carbonyl (C=O) groups is 1. The molecule has 2 rings (SSSR count). The number of benzene rings is 1. The van der Waals surface area contributed by atoms with E-state index in [1.807, 2.05) is 23.6 Å². The van der Waals surface area contributed by atoms with E-state index in [1.165, 1.54) is 5.56 Å². The molecule has 1 heterocycles. The van der Waals surface area contributed by atoms with E-state index in [4.69, 9.17) is 0 Å². The third-order valence-electron chi connectivity index (χ3n) is 5.03. The summed E-state index contributed by atoms with van der Waals surface area (Å²) in [5, 5.41) is 9.67. The van der Waals surface area contributed by atoms with Crippen LogP contribution < -0.4 is 0 Å². The number of carbonyl (C=O) groups excluding carboxylic acids is 1. The molecule has 1 fully saturated rings. The van der Waals surface area contributed by atoms with Crippen molar-refractivity contribution < 1.29 is 4.79 Å². The van der Waals surface area contributed by atoms with Crippen molar-refractivity contribution in [2.24, 2.45) is 0 Å². The minimum atomic E-state index is -0.244. The van der Waals surface area contributed by atoms with Gasteiger partial charge in [0.05, 0.1) is 6.07 Å². The Bertz CT molecular complexity index is 593. The molecule has 0 saturated carbocycles. The monoisotopic (exact) mass is 342 g/mol. The molecule has 1 aromatic carbocycles. The fourth-order valence-corrected chi connectivity index (χ4v) is 3.30. The van der Waals surface area contributed by atoms with Crippen molar-refractivity contribution in [3.63, 3.8) is 0 Å². The molecule has 1 unspecified atom stereocenters. The zero-order chi connectivity index (χ0) is 18.4. The van der Waals surface area contributed by atoms with Crippen molar-refractivity contribution in [3.05, 3.63) is 35.4 Å². The van der Waals surface area contributed by atoms with Gasteiger partial charge in [-0.15, -0.1) is 0 Å². The van der Waals surface area contributed by atoms with Gasteiger partial charge in [-0.1, -0.05) is 38.1 Å². The largest absolute Gasteiger partial charge is 0.325 e. The van der Waals surface area contributed by atoms with E-state index in [-0.39, 0.29) is 12.1 Å². The van der Waals surface area contributed by atoms with E-state index in [1.54, 1.807) is 0 Å². The van der Waals surface area contributed by atoms with Crippen LogP contribution in [-0.4, -0.2) is 60.0 Å². The minimum absolute atomic E-state index is 0.111. The molecule has 0 aliphatic carbocycles. The molecule has 1 atom stereocenters. The summed E-state index contributed by atoms with van der Waals surface area (Å²) in [5.41, 5.74) is 2.32. The lowest BCUT2D eigenvalue weighted by molar-refractivity contribution is 0.104. The molecule has 5 heteroatoms. The maximum Gasteiger partial charge on any atom is 0.320 e. The van der Waals surface area contributed by atoms with E-state index < -0.39 is 0 Å². The number of nitriles is 1. The second kappa shape index (κ2) is 8.87. The Balaban J connectivity index is 2.00. The quantitative estimate of drug-likeness (QED) is 0.823. The normalized spacial score (nSPS) is 16.6. The molecule has 2 amide bonds. The van der Waals surface area contributed by atoms with E-state index in [0.29, 0.717) is 19.0 Å². The number of urea groups is 1. The number of hydrogen-bond donors (Lipinski definition) is 0. The Morgan fingerprint density at radius 3 is 2.04 bits per heavy atom. The van der Waals surface area contributed by atoms with Crippen LogP contribution in [0.3, 0.4) is 0 Å². The first-order valence-corrected chi connectivity index (χ1v) is 9.29. The summed E-state index contributed by atoms with van der Waals surface area (Å²) in [6, 6.07) is 10.7. The zero-order valence-electron chi connectivity index (χ0n) is 15.9. The van der Waals surface area contributed by atoms with Crippen molar-refractivity contribution in [3.8, 4) is 6.07 Å². The van der Waals surface area contributed by atoms with Gasteiger partial charge in [0.15, 0.2) is 0 Å². The number of amides is 2. The smallest absolute Gasteiger partial charge is 0.320 e. The molecular weight excluding hydrogens is 312 g/mol. The highest BCUT2D eigenvalue weighted by Crippen LogP contribution is 2.24. The van der Waals surface area contributed by atoms with Crippen LogP contribution in [0.2, 0.25) is 0 Å². The van der Waals surface area contributed by atoms with Gasteiger partial charge < -0.3 is 9.80 Å². The molecule has 0 spiro atoms. The first kappa shape index (κ1) is 19.3. The highest BCUT2D eigenvalue weighted by Gasteiger charge is 2.28. The van der Waals surface area contributed by atoms with E-state index in [0.717, 1.165) is 31.7 Å². The topological polar surface area (TPSA) is 50.6 Å². The van der Waals surface area contributed by atoms with Crippen molar-refractivity contribution in [2.75, 3.05) is 39.3 Å². The molecular formula is C20H30N4O. The molecule has 0 N–H and O–H groups in total. The second-order valence-corrected chi connectivity index (χ2v) is 6.83. The summed E-state index contributed by atoms with van der Waals surface area (Å²) < 4.78 is 0. The lowest BCUT2D eigenvalue weighted by Gasteiger charge is -2.38. The van der Waals surface area contributed by atoms with Gasteiger partial charge in [0.25, 0.3) is 0 Å². The van der Waals surface area contributed by atoms with E-state index >= 15 is 0 Å². The highest BCUT2D eigenvalue weighted by molar-refractivity contribution is 5.74. The van der Waals surface area contributed by atoms with Crippen LogP contribution in [0.1, 0.15) is 50.8 Å². The predicted octanol–water partition coefficient (Wildman–Crippen LogP) is 3.45. The zero-order valence-corrected chi connectivity index (χ0v) is 15.9. The van der Waals surface area contributed by atoms with Gasteiger partial charge in [-0.05, 0) is 30.9 Å². The van der Waals surface area contributed by atoms with Crippen LogP contribution in [0.4, 0.5) is 4.79 Å². The van der Waals surface area contributed by atoms with Crippen molar-refractivity contribution in [1.29, 1.82) is 5.26 Å². The molecule has 1 aliphatic rings. The van der Waals surface area contributed by atoms with Crippen LogP contribution in [0.15, 0.2) is 24.3 Å². The Morgan fingerprint density at radius 1 is 1.08 bits per heavy atom. The highest BCUT2D eigenvalue weighted by atomic mass is 16.2. The predicted molar refractivity (Wildman–Crippen MR) is 100 cm³/mol. The molecule has 0 radical (unpaired) electrons. The van der Waals surface area contributed by atoms with Crippen molar-refractivity contribution >= 4 is 6.03 Å². The van der Waals surface area contributed by atoms with E-state index in [9.17, 15) is 10.1 Å². The average molecular weight is 342 g/mol. The maximum absolute atomic E-state index is 12.4. The first-order valence-electron chi connectivity index (χ1n) is 9.29. The molecule has 0 bridgehead atoms. The summed E-state index contributed by atoms with van der Waals surface area (Å²) in [6.07, 6.45) is 0. The number of rotatable bonds is 5. The Hall–Kier alpha value is -2.06. The third-order valence-corrected chi connectivity index (χ3v) is 5.03. The van der Waals surface area contributed by atoms with Gasteiger partial charge >= 0.3 is 6.03 Å². The van der Waals surface area contributed by atoms with Gasteiger partial charge in [-0.25, -0.2) is 4.79 Å². The Kier molecular flexibility index (Phi) is 6.83. The molecule has 136 valence electrons. The number of hydrogen-bond acceptors (Lipinski definition) is 3. The lowest BCUT2D eigenvalue weighted by atomic mass is 9.98.